The summed E-state index contributed by atoms with van der Waals surface area (Å²) in [6.45, 7) is 0. The molecule has 3 N–H and O–H groups in total. The second-order valence-corrected chi connectivity index (χ2v) is 8.41. The number of halogens is 3. The number of hydrogen-bond donors (Lipinski definition) is 3. The number of amides is 3. The van der Waals surface area contributed by atoms with Crippen LogP contribution in [0.15, 0.2) is 53.9 Å². The van der Waals surface area contributed by atoms with E-state index in [2.05, 4.69) is 20.9 Å². The van der Waals surface area contributed by atoms with Crippen LogP contribution in [0.4, 0.5) is 34.5 Å². The predicted molar refractivity (Wildman–Crippen MR) is 124 cm³/mol. The van der Waals surface area contributed by atoms with Gasteiger partial charge < -0.3 is 15.4 Å². The summed E-state index contributed by atoms with van der Waals surface area (Å²) in [6.07, 6.45) is -4.50. The molecule has 0 spiro atoms. The summed E-state index contributed by atoms with van der Waals surface area (Å²) in [5, 5.41) is 9.64. The Morgan fingerprint density at radius 1 is 1.06 bits per heavy atom. The van der Waals surface area contributed by atoms with Crippen molar-refractivity contribution in [3.8, 4) is 5.75 Å². The van der Waals surface area contributed by atoms with Gasteiger partial charge in [-0.05, 0) is 42.5 Å². The molecular weight excluding hydrogens is 477 g/mol. The van der Waals surface area contributed by atoms with E-state index in [4.69, 9.17) is 4.74 Å². The van der Waals surface area contributed by atoms with Crippen molar-refractivity contribution in [1.29, 1.82) is 0 Å². The zero-order valence-electron chi connectivity index (χ0n) is 17.2. The Kier molecular flexibility index (Phi) is 8.17. The van der Waals surface area contributed by atoms with Crippen molar-refractivity contribution in [3.05, 3.63) is 65.2 Å². The van der Waals surface area contributed by atoms with Gasteiger partial charge in [0.1, 0.15) is 5.75 Å². The van der Waals surface area contributed by atoms with Crippen LogP contribution in [-0.2, 0) is 16.7 Å². The van der Waals surface area contributed by atoms with Crippen molar-refractivity contribution >= 4 is 51.5 Å². The Hall–Kier alpha value is -3.25. The molecule has 33 heavy (non-hydrogen) atoms. The Balaban J connectivity index is 1.43. The van der Waals surface area contributed by atoms with Crippen molar-refractivity contribution in [2.45, 2.75) is 11.9 Å². The fraction of sp³-hybridized carbons (Fsp3) is 0.190. The molecule has 0 atom stereocenters. The van der Waals surface area contributed by atoms with Crippen molar-refractivity contribution in [3.63, 3.8) is 0 Å². The zero-order valence-corrected chi connectivity index (χ0v) is 18.9. The first-order chi connectivity index (χ1) is 15.7. The number of thiazole rings is 1. The fourth-order valence-electron chi connectivity index (χ4n) is 2.58. The summed E-state index contributed by atoms with van der Waals surface area (Å²) in [5.41, 5.74) is 0.479. The number of ether oxygens (including phenoxy) is 1. The van der Waals surface area contributed by atoms with E-state index in [1.807, 2.05) is 0 Å². The lowest BCUT2D eigenvalue weighted by Crippen LogP contribution is -2.19. The summed E-state index contributed by atoms with van der Waals surface area (Å²) < 4.78 is 43.4. The van der Waals surface area contributed by atoms with E-state index < -0.39 is 17.8 Å². The number of rotatable bonds is 8. The minimum atomic E-state index is -4.50. The van der Waals surface area contributed by atoms with Gasteiger partial charge in [-0.3, -0.25) is 10.1 Å². The second kappa shape index (κ2) is 11.1. The Morgan fingerprint density at radius 2 is 1.82 bits per heavy atom. The van der Waals surface area contributed by atoms with Gasteiger partial charge >= 0.3 is 12.2 Å². The number of urea groups is 1. The SMILES string of the molecule is COc1ccc(NC(=O)CSCc2csc(NC(=O)Nc3cccc(C(F)(F)F)c3)n2)cc1. The molecule has 7 nitrogen and oxygen atoms in total. The standard InChI is InChI=1S/C21H19F3N4O3S2/c1-31-17-7-5-14(6-8-17)25-18(29)12-32-10-16-11-33-20(27-16)28-19(30)26-15-4-2-3-13(9-15)21(22,23)24/h2-9,11H,10,12H2,1H3,(H,25,29)(H2,26,27,28,30). The van der Waals surface area contributed by atoms with Crippen LogP contribution in [0.2, 0.25) is 0 Å². The van der Waals surface area contributed by atoms with Crippen LogP contribution in [0.3, 0.4) is 0 Å². The topological polar surface area (TPSA) is 92.4 Å². The molecular formula is C21H19F3N4O3S2. The number of aromatic nitrogens is 1. The average Bonchev–Trinajstić information content (AvgIpc) is 3.20. The van der Waals surface area contributed by atoms with Crippen LogP contribution in [0, 0.1) is 0 Å². The smallest absolute Gasteiger partial charge is 0.416 e. The third-order valence-electron chi connectivity index (χ3n) is 4.08. The van der Waals surface area contributed by atoms with E-state index in [-0.39, 0.29) is 22.5 Å². The highest BCUT2D eigenvalue weighted by Gasteiger charge is 2.30. The maximum Gasteiger partial charge on any atom is 0.416 e. The van der Waals surface area contributed by atoms with Crippen molar-refractivity contribution in [1.82, 2.24) is 4.98 Å². The highest BCUT2D eigenvalue weighted by Crippen LogP contribution is 2.30. The molecule has 0 fully saturated rings. The first-order valence-corrected chi connectivity index (χ1v) is 11.5. The summed E-state index contributed by atoms with van der Waals surface area (Å²) in [4.78, 5) is 28.4. The van der Waals surface area contributed by atoms with Crippen LogP contribution in [0.5, 0.6) is 5.75 Å². The highest BCUT2D eigenvalue weighted by atomic mass is 32.2. The van der Waals surface area contributed by atoms with E-state index in [0.717, 1.165) is 12.1 Å². The molecule has 3 aromatic rings. The Labute approximate surface area is 195 Å². The molecule has 0 bridgehead atoms. The first-order valence-electron chi connectivity index (χ1n) is 9.44. The van der Waals surface area contributed by atoms with Gasteiger partial charge in [0, 0.05) is 22.5 Å². The largest absolute Gasteiger partial charge is 0.497 e. The van der Waals surface area contributed by atoms with Gasteiger partial charge in [-0.25, -0.2) is 9.78 Å². The average molecular weight is 497 g/mol. The van der Waals surface area contributed by atoms with Gasteiger partial charge in [0.15, 0.2) is 5.13 Å². The van der Waals surface area contributed by atoms with Gasteiger partial charge in [0.25, 0.3) is 0 Å². The van der Waals surface area contributed by atoms with E-state index in [9.17, 15) is 22.8 Å². The number of carbonyl (C=O) groups is 2. The van der Waals surface area contributed by atoms with Crippen LogP contribution in [-0.4, -0.2) is 29.8 Å². The fourth-order valence-corrected chi connectivity index (χ4v) is 4.11. The van der Waals surface area contributed by atoms with Crippen molar-refractivity contribution in [2.24, 2.45) is 0 Å². The second-order valence-electron chi connectivity index (χ2n) is 6.57. The number of nitrogens with zero attached hydrogens (tertiary/aromatic N) is 1. The first kappa shape index (κ1) is 24.4. The molecule has 0 unspecified atom stereocenters. The lowest BCUT2D eigenvalue weighted by atomic mass is 10.2. The number of alkyl halides is 3. The van der Waals surface area contributed by atoms with Gasteiger partial charge in [0.2, 0.25) is 5.91 Å². The van der Waals surface area contributed by atoms with Gasteiger partial charge in [-0.2, -0.15) is 13.2 Å². The quantitative estimate of drug-likeness (QED) is 0.373. The summed E-state index contributed by atoms with van der Waals surface area (Å²) in [6, 6.07) is 10.6. The van der Waals surface area contributed by atoms with E-state index >= 15 is 0 Å². The molecule has 0 saturated carbocycles. The highest BCUT2D eigenvalue weighted by molar-refractivity contribution is 7.99. The molecule has 1 heterocycles. The lowest BCUT2D eigenvalue weighted by molar-refractivity contribution is -0.137. The van der Waals surface area contributed by atoms with Gasteiger partial charge in [-0.15, -0.1) is 23.1 Å². The molecule has 12 heteroatoms. The van der Waals surface area contributed by atoms with Gasteiger partial charge in [-0.1, -0.05) is 6.07 Å². The van der Waals surface area contributed by atoms with Crippen molar-refractivity contribution in [2.75, 3.05) is 28.8 Å². The number of carbonyl (C=O) groups excluding carboxylic acids is 2. The molecule has 2 aromatic carbocycles. The number of nitrogens with one attached hydrogen (secondary N) is 3. The predicted octanol–water partition coefficient (Wildman–Crippen LogP) is 5.69. The van der Waals surface area contributed by atoms with Crippen molar-refractivity contribution < 1.29 is 27.5 Å². The molecule has 3 amide bonds. The number of methoxy groups -OCH3 is 1. The van der Waals surface area contributed by atoms with E-state index in [1.165, 1.54) is 35.2 Å². The van der Waals surface area contributed by atoms with Crippen LogP contribution in [0.1, 0.15) is 11.3 Å². The monoisotopic (exact) mass is 496 g/mol. The number of anilines is 3. The third-order valence-corrected chi connectivity index (χ3v) is 5.85. The molecule has 3 rings (SSSR count). The van der Waals surface area contributed by atoms with Crippen LogP contribution < -0.4 is 20.7 Å². The number of thioether (sulfide) groups is 1. The maximum atomic E-state index is 12.8. The number of benzene rings is 2. The summed E-state index contributed by atoms with van der Waals surface area (Å²) in [7, 11) is 1.56. The molecule has 0 aliphatic heterocycles. The summed E-state index contributed by atoms with van der Waals surface area (Å²) >= 11 is 2.52. The number of hydrogen-bond acceptors (Lipinski definition) is 6. The summed E-state index contributed by atoms with van der Waals surface area (Å²) in [5.74, 6) is 1.18. The van der Waals surface area contributed by atoms with Gasteiger partial charge in [0.05, 0.1) is 24.1 Å². The molecule has 1 aromatic heterocycles. The lowest BCUT2D eigenvalue weighted by Gasteiger charge is -2.09. The van der Waals surface area contributed by atoms with E-state index in [0.29, 0.717) is 22.9 Å². The normalized spacial score (nSPS) is 11.0. The molecule has 0 aliphatic rings. The zero-order chi connectivity index (χ0) is 23.8. The minimum absolute atomic E-state index is 0.0116. The third kappa shape index (κ3) is 7.68. The molecule has 174 valence electrons. The Bertz CT molecular complexity index is 1100. The Morgan fingerprint density at radius 3 is 2.52 bits per heavy atom. The maximum absolute atomic E-state index is 12.8. The van der Waals surface area contributed by atoms with Crippen LogP contribution >= 0.6 is 23.1 Å². The van der Waals surface area contributed by atoms with E-state index in [1.54, 1.807) is 36.8 Å². The minimum Gasteiger partial charge on any atom is -0.497 e. The van der Waals surface area contributed by atoms with Crippen LogP contribution in [0.25, 0.3) is 0 Å². The molecule has 0 radical (unpaired) electrons. The molecule has 0 aliphatic carbocycles. The molecule has 0 saturated heterocycles.